The highest BCUT2D eigenvalue weighted by molar-refractivity contribution is 7.12. The van der Waals surface area contributed by atoms with E-state index in [4.69, 9.17) is 0 Å². The standard InChI is InChI=1S/C17H20N2O2S/c1-3-12(2)19-16(20)14-8-6-13(7-9-14)11-18-17(21)15-5-4-10-22-15/h4-10,12H,3,11H2,1-2H3,(H,18,21)(H,19,20). The Balaban J connectivity index is 1.89. The predicted octanol–water partition coefficient (Wildman–Crippen LogP) is 3.21. The zero-order valence-corrected chi connectivity index (χ0v) is 13.6. The molecule has 2 N–H and O–H groups in total. The lowest BCUT2D eigenvalue weighted by Crippen LogP contribution is -2.31. The fraction of sp³-hybridized carbons (Fsp3) is 0.294. The van der Waals surface area contributed by atoms with Crippen LogP contribution in [0.4, 0.5) is 0 Å². The highest BCUT2D eigenvalue weighted by atomic mass is 32.1. The Hall–Kier alpha value is -2.14. The SMILES string of the molecule is CCC(C)NC(=O)c1ccc(CNC(=O)c2cccs2)cc1. The third kappa shape index (κ3) is 4.43. The summed E-state index contributed by atoms with van der Waals surface area (Å²) in [6.45, 7) is 4.46. The number of hydrogen-bond acceptors (Lipinski definition) is 3. The van der Waals surface area contributed by atoms with E-state index < -0.39 is 0 Å². The predicted molar refractivity (Wildman–Crippen MR) is 89.2 cm³/mol. The van der Waals surface area contributed by atoms with E-state index >= 15 is 0 Å². The molecule has 22 heavy (non-hydrogen) atoms. The van der Waals surface area contributed by atoms with Crippen molar-refractivity contribution in [3.63, 3.8) is 0 Å². The van der Waals surface area contributed by atoms with Crippen LogP contribution in [0, 0.1) is 0 Å². The fourth-order valence-corrected chi connectivity index (χ4v) is 2.50. The summed E-state index contributed by atoms with van der Waals surface area (Å²) in [7, 11) is 0. The lowest BCUT2D eigenvalue weighted by atomic mass is 10.1. The van der Waals surface area contributed by atoms with Crippen molar-refractivity contribution in [2.45, 2.75) is 32.9 Å². The molecule has 0 aliphatic rings. The molecule has 0 fully saturated rings. The summed E-state index contributed by atoms with van der Waals surface area (Å²) in [6, 6.07) is 11.1. The Bertz CT molecular complexity index is 621. The third-order valence-electron chi connectivity index (χ3n) is 3.40. The van der Waals surface area contributed by atoms with Crippen LogP contribution >= 0.6 is 11.3 Å². The zero-order chi connectivity index (χ0) is 15.9. The van der Waals surface area contributed by atoms with Gasteiger partial charge in [0.2, 0.25) is 0 Å². The first-order valence-electron chi connectivity index (χ1n) is 7.31. The van der Waals surface area contributed by atoms with Gasteiger partial charge in [-0.1, -0.05) is 25.1 Å². The van der Waals surface area contributed by atoms with E-state index in [1.165, 1.54) is 11.3 Å². The maximum Gasteiger partial charge on any atom is 0.261 e. The summed E-state index contributed by atoms with van der Waals surface area (Å²) >= 11 is 1.42. The number of thiophene rings is 1. The fourth-order valence-electron chi connectivity index (χ4n) is 1.86. The maximum absolute atomic E-state index is 12.0. The molecule has 2 amide bonds. The normalized spacial score (nSPS) is 11.7. The summed E-state index contributed by atoms with van der Waals surface area (Å²) in [5, 5.41) is 7.66. The summed E-state index contributed by atoms with van der Waals surface area (Å²) in [6.07, 6.45) is 0.901. The largest absolute Gasteiger partial charge is 0.350 e. The number of amides is 2. The average molecular weight is 316 g/mol. The van der Waals surface area contributed by atoms with Crippen LogP contribution in [-0.2, 0) is 6.54 Å². The van der Waals surface area contributed by atoms with E-state index in [1.807, 2.05) is 37.4 Å². The number of carbonyl (C=O) groups is 2. The number of hydrogen-bond donors (Lipinski definition) is 2. The monoisotopic (exact) mass is 316 g/mol. The van der Waals surface area contributed by atoms with Crippen molar-refractivity contribution in [1.29, 1.82) is 0 Å². The van der Waals surface area contributed by atoms with E-state index in [-0.39, 0.29) is 17.9 Å². The molecule has 0 spiro atoms. The summed E-state index contributed by atoms with van der Waals surface area (Å²) in [5.74, 6) is -0.142. The summed E-state index contributed by atoms with van der Waals surface area (Å²) in [4.78, 5) is 24.5. The zero-order valence-electron chi connectivity index (χ0n) is 12.8. The van der Waals surface area contributed by atoms with Crippen molar-refractivity contribution in [1.82, 2.24) is 10.6 Å². The number of rotatable bonds is 6. The lowest BCUT2D eigenvalue weighted by Gasteiger charge is -2.11. The molecule has 0 aliphatic heterocycles. The first-order chi connectivity index (χ1) is 10.6. The first-order valence-corrected chi connectivity index (χ1v) is 8.19. The smallest absolute Gasteiger partial charge is 0.261 e. The molecule has 0 bridgehead atoms. The molecular formula is C17H20N2O2S. The Kier molecular flexibility index (Phi) is 5.72. The van der Waals surface area contributed by atoms with Crippen molar-refractivity contribution in [3.05, 3.63) is 57.8 Å². The second-order valence-electron chi connectivity index (χ2n) is 5.14. The van der Waals surface area contributed by atoms with Crippen molar-refractivity contribution in [3.8, 4) is 0 Å². The van der Waals surface area contributed by atoms with E-state index in [2.05, 4.69) is 10.6 Å². The van der Waals surface area contributed by atoms with Gasteiger partial charge in [0.15, 0.2) is 0 Å². The van der Waals surface area contributed by atoms with Crippen LogP contribution in [-0.4, -0.2) is 17.9 Å². The van der Waals surface area contributed by atoms with Gasteiger partial charge in [-0.3, -0.25) is 9.59 Å². The average Bonchev–Trinajstić information content (AvgIpc) is 3.07. The van der Waals surface area contributed by atoms with Crippen molar-refractivity contribution in [2.24, 2.45) is 0 Å². The highest BCUT2D eigenvalue weighted by Gasteiger charge is 2.09. The minimum atomic E-state index is -0.0754. The molecule has 116 valence electrons. The minimum absolute atomic E-state index is 0.0662. The van der Waals surface area contributed by atoms with Crippen molar-refractivity contribution >= 4 is 23.2 Å². The lowest BCUT2D eigenvalue weighted by molar-refractivity contribution is 0.0935. The van der Waals surface area contributed by atoms with Gasteiger partial charge in [-0.2, -0.15) is 0 Å². The molecule has 1 unspecified atom stereocenters. The van der Waals surface area contributed by atoms with Gasteiger partial charge in [-0.15, -0.1) is 11.3 Å². The van der Waals surface area contributed by atoms with Crippen molar-refractivity contribution < 1.29 is 9.59 Å². The van der Waals surface area contributed by atoms with Gasteiger partial charge in [-0.25, -0.2) is 0 Å². The minimum Gasteiger partial charge on any atom is -0.350 e. The second kappa shape index (κ2) is 7.75. The van der Waals surface area contributed by atoms with Gasteiger partial charge in [0.1, 0.15) is 0 Å². The Morgan fingerprint density at radius 1 is 1.14 bits per heavy atom. The van der Waals surface area contributed by atoms with Crippen molar-refractivity contribution in [2.75, 3.05) is 0 Å². The van der Waals surface area contributed by atoms with Crippen LogP contribution in [0.3, 0.4) is 0 Å². The van der Waals surface area contributed by atoms with Gasteiger partial charge in [0.05, 0.1) is 4.88 Å². The van der Waals surface area contributed by atoms with Crippen LogP contribution in [0.15, 0.2) is 41.8 Å². The van der Waals surface area contributed by atoms with E-state index in [1.54, 1.807) is 18.2 Å². The van der Waals surface area contributed by atoms with E-state index in [0.717, 1.165) is 12.0 Å². The molecule has 1 atom stereocenters. The molecule has 4 nitrogen and oxygen atoms in total. The molecule has 0 radical (unpaired) electrons. The molecule has 1 heterocycles. The van der Waals surface area contributed by atoms with Gasteiger partial charge >= 0.3 is 0 Å². The number of benzene rings is 1. The van der Waals surface area contributed by atoms with Crippen LogP contribution < -0.4 is 10.6 Å². The third-order valence-corrected chi connectivity index (χ3v) is 4.27. The van der Waals surface area contributed by atoms with Gasteiger partial charge in [-0.05, 0) is 42.5 Å². The molecule has 2 aromatic rings. The molecule has 0 aliphatic carbocycles. The van der Waals surface area contributed by atoms with Gasteiger partial charge in [0, 0.05) is 18.2 Å². The molecule has 1 aromatic carbocycles. The maximum atomic E-state index is 12.0. The molecular weight excluding hydrogens is 296 g/mol. The second-order valence-corrected chi connectivity index (χ2v) is 6.09. The Labute approximate surface area is 134 Å². The Morgan fingerprint density at radius 3 is 2.45 bits per heavy atom. The van der Waals surface area contributed by atoms with Crippen LogP contribution in [0.1, 0.15) is 45.9 Å². The highest BCUT2D eigenvalue weighted by Crippen LogP contribution is 2.09. The Morgan fingerprint density at radius 2 is 1.86 bits per heavy atom. The first kappa shape index (κ1) is 16.2. The van der Waals surface area contributed by atoms with E-state index in [0.29, 0.717) is 17.0 Å². The van der Waals surface area contributed by atoms with Crippen LogP contribution in [0.25, 0.3) is 0 Å². The topological polar surface area (TPSA) is 58.2 Å². The molecule has 5 heteroatoms. The number of nitrogens with one attached hydrogen (secondary N) is 2. The molecule has 1 aromatic heterocycles. The van der Waals surface area contributed by atoms with Crippen LogP contribution in [0.2, 0.25) is 0 Å². The summed E-state index contributed by atoms with van der Waals surface area (Å²) in [5.41, 5.74) is 1.60. The van der Waals surface area contributed by atoms with Gasteiger partial charge < -0.3 is 10.6 Å². The summed E-state index contributed by atoms with van der Waals surface area (Å²) < 4.78 is 0. The molecule has 2 rings (SSSR count). The molecule has 0 saturated heterocycles. The molecule has 0 saturated carbocycles. The number of carbonyl (C=O) groups excluding carboxylic acids is 2. The van der Waals surface area contributed by atoms with Crippen LogP contribution in [0.5, 0.6) is 0 Å². The van der Waals surface area contributed by atoms with Gasteiger partial charge in [0.25, 0.3) is 11.8 Å². The quantitative estimate of drug-likeness (QED) is 0.860. The van der Waals surface area contributed by atoms with E-state index in [9.17, 15) is 9.59 Å².